The summed E-state index contributed by atoms with van der Waals surface area (Å²) in [5.74, 6) is 0.481. The molecule has 0 aromatic rings. The third-order valence-corrected chi connectivity index (χ3v) is 2.48. The van der Waals surface area contributed by atoms with Crippen molar-refractivity contribution in [3.63, 3.8) is 0 Å². The van der Waals surface area contributed by atoms with Gasteiger partial charge in [-0.3, -0.25) is 4.79 Å². The molecule has 0 saturated carbocycles. The van der Waals surface area contributed by atoms with Crippen LogP contribution in [0.3, 0.4) is 0 Å². The maximum Gasteiger partial charge on any atom is 0.319 e. The van der Waals surface area contributed by atoms with Crippen LogP contribution in [0.2, 0.25) is 0 Å². The highest BCUT2D eigenvalue weighted by Gasteiger charge is 2.14. The Hall–Kier alpha value is 0.240. The Kier molecular flexibility index (Phi) is 8.02. The molecule has 0 amide bonds. The number of halogens is 2. The van der Waals surface area contributed by atoms with Crippen LogP contribution < -0.4 is 0 Å². The largest absolute Gasteiger partial charge is 0.465 e. The highest BCUT2D eigenvalue weighted by atomic mass is 79.9. The smallest absolute Gasteiger partial charge is 0.319 e. The molecule has 0 N–H and O–H groups in total. The van der Waals surface area contributed by atoms with E-state index in [0.717, 1.165) is 19.3 Å². The Morgan fingerprint density at radius 1 is 1.58 bits per heavy atom. The topological polar surface area (TPSA) is 26.3 Å². The minimum Gasteiger partial charge on any atom is -0.465 e. The Morgan fingerprint density at radius 2 is 2.25 bits per heavy atom. The van der Waals surface area contributed by atoms with Gasteiger partial charge in [-0.25, -0.2) is 0 Å². The summed E-state index contributed by atoms with van der Waals surface area (Å²) in [5.41, 5.74) is 0. The van der Waals surface area contributed by atoms with E-state index in [1.165, 1.54) is 0 Å². The van der Waals surface area contributed by atoms with Gasteiger partial charge in [-0.1, -0.05) is 22.4 Å². The molecule has 0 unspecified atom stereocenters. The first-order chi connectivity index (χ1) is 5.72. The molecule has 0 aliphatic carbocycles. The van der Waals surface area contributed by atoms with Gasteiger partial charge in [0, 0.05) is 5.88 Å². The lowest BCUT2D eigenvalue weighted by molar-refractivity contribution is -0.142. The van der Waals surface area contributed by atoms with Crippen molar-refractivity contribution in [2.75, 3.05) is 12.5 Å². The van der Waals surface area contributed by atoms with Crippen molar-refractivity contribution in [2.45, 2.75) is 31.0 Å². The zero-order valence-electron chi connectivity index (χ0n) is 7.19. The Bertz CT molecular complexity index is 130. The van der Waals surface area contributed by atoms with E-state index >= 15 is 0 Å². The van der Waals surface area contributed by atoms with E-state index in [1.54, 1.807) is 6.92 Å². The van der Waals surface area contributed by atoms with E-state index in [1.807, 2.05) is 0 Å². The van der Waals surface area contributed by atoms with Gasteiger partial charge in [0.15, 0.2) is 0 Å². The molecule has 0 bridgehead atoms. The summed E-state index contributed by atoms with van der Waals surface area (Å²) in [4.78, 5) is 10.9. The van der Waals surface area contributed by atoms with E-state index in [0.29, 0.717) is 12.5 Å². The summed E-state index contributed by atoms with van der Waals surface area (Å²) < 4.78 is 4.82. The molecule has 0 aromatic heterocycles. The maximum atomic E-state index is 11.0. The second-order valence-electron chi connectivity index (χ2n) is 2.40. The number of hydrogen-bond acceptors (Lipinski definition) is 2. The molecule has 0 saturated heterocycles. The molecule has 0 heterocycles. The molecule has 0 fully saturated rings. The molecule has 12 heavy (non-hydrogen) atoms. The fourth-order valence-corrected chi connectivity index (χ4v) is 1.41. The normalized spacial score (nSPS) is 12.6. The van der Waals surface area contributed by atoms with Crippen LogP contribution in [-0.2, 0) is 9.53 Å². The minimum atomic E-state index is -0.174. The SMILES string of the molecule is CCOC(=O)[C@H](Br)CCCCCl. The van der Waals surface area contributed by atoms with Crippen LogP contribution in [0, 0.1) is 0 Å². The van der Waals surface area contributed by atoms with Crippen molar-refractivity contribution in [1.82, 2.24) is 0 Å². The Morgan fingerprint density at radius 3 is 2.75 bits per heavy atom. The van der Waals surface area contributed by atoms with E-state index in [2.05, 4.69) is 15.9 Å². The third kappa shape index (κ3) is 5.84. The van der Waals surface area contributed by atoms with Crippen molar-refractivity contribution >= 4 is 33.5 Å². The van der Waals surface area contributed by atoms with Gasteiger partial charge in [0.2, 0.25) is 0 Å². The quantitative estimate of drug-likeness (QED) is 0.415. The number of ether oxygens (including phenoxy) is 1. The maximum absolute atomic E-state index is 11.0. The lowest BCUT2D eigenvalue weighted by Crippen LogP contribution is -2.17. The number of carbonyl (C=O) groups is 1. The zero-order chi connectivity index (χ0) is 9.40. The first-order valence-corrected chi connectivity index (χ1v) is 5.54. The Balaban J connectivity index is 3.42. The summed E-state index contributed by atoms with van der Waals surface area (Å²) in [7, 11) is 0. The number of alkyl halides is 2. The number of esters is 1. The third-order valence-electron chi connectivity index (χ3n) is 1.38. The molecule has 2 nitrogen and oxygen atoms in total. The lowest BCUT2D eigenvalue weighted by Gasteiger charge is -2.07. The van der Waals surface area contributed by atoms with E-state index in [-0.39, 0.29) is 10.8 Å². The number of rotatable bonds is 6. The fourth-order valence-electron chi connectivity index (χ4n) is 0.769. The molecule has 1 atom stereocenters. The van der Waals surface area contributed by atoms with Crippen molar-refractivity contribution in [3.8, 4) is 0 Å². The fraction of sp³-hybridized carbons (Fsp3) is 0.875. The molecule has 4 heteroatoms. The number of unbranched alkanes of at least 4 members (excludes halogenated alkanes) is 1. The number of hydrogen-bond donors (Lipinski definition) is 0. The highest BCUT2D eigenvalue weighted by molar-refractivity contribution is 9.10. The van der Waals surface area contributed by atoms with E-state index < -0.39 is 0 Å². The molecule has 0 aromatic carbocycles. The van der Waals surface area contributed by atoms with Crippen LogP contribution >= 0.6 is 27.5 Å². The second-order valence-corrected chi connectivity index (χ2v) is 3.89. The summed E-state index contributed by atoms with van der Waals surface area (Å²) >= 11 is 8.75. The average molecular weight is 258 g/mol. The molecule has 72 valence electrons. The highest BCUT2D eigenvalue weighted by Crippen LogP contribution is 2.11. The molecule has 0 aliphatic heterocycles. The van der Waals surface area contributed by atoms with E-state index in [9.17, 15) is 4.79 Å². The van der Waals surface area contributed by atoms with Gasteiger partial charge in [-0.05, 0) is 19.8 Å². The molecular formula is C8H14BrClO2. The number of carbonyl (C=O) groups excluding carboxylic acids is 1. The van der Waals surface area contributed by atoms with Gasteiger partial charge in [0.05, 0.1) is 6.61 Å². The molecule has 0 aliphatic rings. The van der Waals surface area contributed by atoms with Crippen molar-refractivity contribution in [3.05, 3.63) is 0 Å². The summed E-state index contributed by atoms with van der Waals surface area (Å²) in [6, 6.07) is 0. The van der Waals surface area contributed by atoms with Crippen LogP contribution in [0.5, 0.6) is 0 Å². The van der Waals surface area contributed by atoms with Gasteiger partial charge in [-0.2, -0.15) is 0 Å². The molecular weight excluding hydrogens is 243 g/mol. The van der Waals surface area contributed by atoms with Gasteiger partial charge in [-0.15, -0.1) is 11.6 Å². The second kappa shape index (κ2) is 7.87. The minimum absolute atomic E-state index is 0.166. The average Bonchev–Trinajstić information content (AvgIpc) is 2.05. The molecule has 0 spiro atoms. The van der Waals surface area contributed by atoms with Crippen LogP contribution in [0.15, 0.2) is 0 Å². The summed E-state index contributed by atoms with van der Waals surface area (Å²) in [6.45, 7) is 2.24. The van der Waals surface area contributed by atoms with Crippen molar-refractivity contribution < 1.29 is 9.53 Å². The van der Waals surface area contributed by atoms with Crippen molar-refractivity contribution in [1.29, 1.82) is 0 Å². The van der Waals surface area contributed by atoms with Gasteiger partial charge in [0.25, 0.3) is 0 Å². The first kappa shape index (κ1) is 12.2. The van der Waals surface area contributed by atoms with Gasteiger partial charge in [0.1, 0.15) is 4.83 Å². The predicted molar refractivity (Wildman–Crippen MR) is 53.9 cm³/mol. The molecule has 0 rings (SSSR count). The van der Waals surface area contributed by atoms with Crippen molar-refractivity contribution in [2.24, 2.45) is 0 Å². The van der Waals surface area contributed by atoms with Crippen LogP contribution in [-0.4, -0.2) is 23.3 Å². The lowest BCUT2D eigenvalue weighted by atomic mass is 10.2. The molecule has 0 radical (unpaired) electrons. The predicted octanol–water partition coefficient (Wildman–Crippen LogP) is 2.72. The summed E-state index contributed by atoms with van der Waals surface area (Å²) in [5, 5.41) is 0. The van der Waals surface area contributed by atoms with Crippen LogP contribution in [0.1, 0.15) is 26.2 Å². The van der Waals surface area contributed by atoms with E-state index in [4.69, 9.17) is 16.3 Å². The van der Waals surface area contributed by atoms with Gasteiger partial charge < -0.3 is 4.74 Å². The standard InChI is InChI=1S/C8H14BrClO2/c1-2-12-8(11)7(9)5-3-4-6-10/h7H,2-6H2,1H3/t7-/m1/s1. The summed E-state index contributed by atoms with van der Waals surface area (Å²) in [6.07, 6.45) is 2.70. The van der Waals surface area contributed by atoms with Crippen LogP contribution in [0.25, 0.3) is 0 Å². The zero-order valence-corrected chi connectivity index (χ0v) is 9.53. The Labute approximate surface area is 86.7 Å². The van der Waals surface area contributed by atoms with Gasteiger partial charge >= 0.3 is 5.97 Å². The van der Waals surface area contributed by atoms with Crippen LogP contribution in [0.4, 0.5) is 0 Å². The monoisotopic (exact) mass is 256 g/mol. The first-order valence-electron chi connectivity index (χ1n) is 4.09.